The van der Waals surface area contributed by atoms with Crippen LogP contribution in [0.15, 0.2) is 12.1 Å². The lowest BCUT2D eigenvalue weighted by Crippen LogP contribution is -2.08. The molecule has 0 aliphatic heterocycles. The minimum Gasteiger partial charge on any atom is -0.303 e. The Hall–Kier alpha value is -0.900. The van der Waals surface area contributed by atoms with Gasteiger partial charge in [0.05, 0.1) is 11.4 Å². The van der Waals surface area contributed by atoms with Crippen LogP contribution in [0.2, 0.25) is 0 Å². The Morgan fingerprint density at radius 1 is 1.46 bits per heavy atom. The van der Waals surface area contributed by atoms with Gasteiger partial charge in [-0.25, -0.2) is 4.21 Å². The molecule has 1 aromatic heterocycles. The summed E-state index contributed by atoms with van der Waals surface area (Å²) in [5.74, 6) is 0.604. The lowest BCUT2D eigenvalue weighted by molar-refractivity contribution is 0.687. The highest BCUT2D eigenvalue weighted by Gasteiger charge is 2.01. The second kappa shape index (κ2) is 4.37. The van der Waals surface area contributed by atoms with Crippen LogP contribution in [0, 0.1) is 13.8 Å². The van der Waals surface area contributed by atoms with Gasteiger partial charge in [-0.3, -0.25) is 4.98 Å². The molecule has 0 fully saturated rings. The number of nitrogens with one attached hydrogen (secondary N) is 1. The minimum atomic E-state index is -0.985. The first-order chi connectivity index (χ1) is 6.13. The van der Waals surface area contributed by atoms with Crippen molar-refractivity contribution < 1.29 is 4.21 Å². The molecule has 0 aromatic carbocycles. The number of anilines is 1. The molecule has 1 N–H and O–H groups in total. The van der Waals surface area contributed by atoms with Crippen molar-refractivity contribution in [2.24, 2.45) is 0 Å². The Labute approximate surface area is 81.2 Å². The zero-order valence-electron chi connectivity index (χ0n) is 8.13. The summed E-state index contributed by atoms with van der Waals surface area (Å²) in [4.78, 5) is 4.26. The van der Waals surface area contributed by atoms with Crippen molar-refractivity contribution in [2.75, 3.05) is 10.5 Å². The van der Waals surface area contributed by atoms with E-state index >= 15 is 0 Å². The van der Waals surface area contributed by atoms with Crippen LogP contribution in [0.25, 0.3) is 0 Å². The van der Waals surface area contributed by atoms with Crippen LogP contribution < -0.4 is 4.72 Å². The largest absolute Gasteiger partial charge is 0.303 e. The van der Waals surface area contributed by atoms with Crippen LogP contribution in [0.5, 0.6) is 0 Å². The number of pyridine rings is 1. The average Bonchev–Trinajstić information content (AvgIpc) is 2.09. The van der Waals surface area contributed by atoms with E-state index in [1.54, 1.807) is 0 Å². The van der Waals surface area contributed by atoms with Gasteiger partial charge in [0.2, 0.25) is 0 Å². The van der Waals surface area contributed by atoms with Gasteiger partial charge >= 0.3 is 0 Å². The molecule has 0 radical (unpaired) electrons. The number of rotatable bonds is 3. The van der Waals surface area contributed by atoms with Crippen molar-refractivity contribution in [1.82, 2.24) is 4.98 Å². The summed E-state index contributed by atoms with van der Waals surface area (Å²) < 4.78 is 14.1. The van der Waals surface area contributed by atoms with Gasteiger partial charge in [0.25, 0.3) is 0 Å². The summed E-state index contributed by atoms with van der Waals surface area (Å²) in [6.45, 7) is 5.72. The topological polar surface area (TPSA) is 42.0 Å². The van der Waals surface area contributed by atoms with E-state index in [0.717, 1.165) is 17.1 Å². The summed E-state index contributed by atoms with van der Waals surface area (Å²) in [5, 5.41) is 0. The number of hydrogen-bond acceptors (Lipinski definition) is 2. The van der Waals surface area contributed by atoms with Crippen molar-refractivity contribution in [3.05, 3.63) is 23.5 Å². The molecule has 1 heterocycles. The van der Waals surface area contributed by atoms with Crippen LogP contribution in [0.1, 0.15) is 18.3 Å². The molecule has 0 aliphatic carbocycles. The monoisotopic (exact) mass is 198 g/mol. The Balaban J connectivity index is 2.83. The molecule has 0 saturated carbocycles. The standard InChI is InChI=1S/C9H14N2OS/c1-4-13(12)11-9-6-5-7(2)10-8(9)3/h5-6,11H,4H2,1-3H3. The maximum absolute atomic E-state index is 11.2. The van der Waals surface area contributed by atoms with Crippen molar-refractivity contribution in [1.29, 1.82) is 0 Å². The van der Waals surface area contributed by atoms with E-state index in [1.165, 1.54) is 0 Å². The Kier molecular flexibility index (Phi) is 3.42. The van der Waals surface area contributed by atoms with E-state index in [0.29, 0.717) is 5.75 Å². The van der Waals surface area contributed by atoms with Gasteiger partial charge in [-0.1, -0.05) is 6.92 Å². The summed E-state index contributed by atoms with van der Waals surface area (Å²) in [6, 6.07) is 3.81. The highest BCUT2D eigenvalue weighted by Crippen LogP contribution is 2.12. The van der Waals surface area contributed by atoms with Gasteiger partial charge in [-0.15, -0.1) is 0 Å². The molecule has 1 unspecified atom stereocenters. The fraction of sp³-hybridized carbons (Fsp3) is 0.444. The van der Waals surface area contributed by atoms with Gasteiger partial charge in [0, 0.05) is 11.4 Å². The van der Waals surface area contributed by atoms with Gasteiger partial charge < -0.3 is 4.72 Å². The number of aryl methyl sites for hydroxylation is 2. The molecule has 0 spiro atoms. The molecule has 0 aliphatic rings. The van der Waals surface area contributed by atoms with Gasteiger partial charge in [-0.05, 0) is 26.0 Å². The van der Waals surface area contributed by atoms with Crippen LogP contribution in [0.4, 0.5) is 5.69 Å². The Bertz CT molecular complexity index is 325. The predicted octanol–water partition coefficient (Wildman–Crippen LogP) is 1.79. The fourth-order valence-electron chi connectivity index (χ4n) is 0.989. The fourth-order valence-corrected chi connectivity index (χ4v) is 1.59. The average molecular weight is 198 g/mol. The minimum absolute atomic E-state index is 0.604. The summed E-state index contributed by atoms with van der Waals surface area (Å²) in [7, 11) is -0.985. The van der Waals surface area contributed by atoms with E-state index < -0.39 is 11.0 Å². The molecular weight excluding hydrogens is 184 g/mol. The SMILES string of the molecule is CCS(=O)Nc1ccc(C)nc1C. The van der Waals surface area contributed by atoms with Gasteiger partial charge in [-0.2, -0.15) is 0 Å². The second-order valence-electron chi connectivity index (χ2n) is 2.82. The van der Waals surface area contributed by atoms with E-state index in [1.807, 2.05) is 32.9 Å². The maximum Gasteiger partial charge on any atom is 0.116 e. The lowest BCUT2D eigenvalue weighted by atomic mass is 10.3. The molecule has 3 nitrogen and oxygen atoms in total. The third kappa shape index (κ3) is 2.81. The van der Waals surface area contributed by atoms with Crippen molar-refractivity contribution >= 4 is 16.7 Å². The lowest BCUT2D eigenvalue weighted by Gasteiger charge is -2.07. The first-order valence-electron chi connectivity index (χ1n) is 4.22. The van der Waals surface area contributed by atoms with E-state index in [4.69, 9.17) is 0 Å². The van der Waals surface area contributed by atoms with Crippen molar-refractivity contribution in [3.8, 4) is 0 Å². The zero-order valence-corrected chi connectivity index (χ0v) is 8.94. The quantitative estimate of drug-likeness (QED) is 0.804. The maximum atomic E-state index is 11.2. The van der Waals surface area contributed by atoms with E-state index in [9.17, 15) is 4.21 Å². The first-order valence-corrected chi connectivity index (χ1v) is 5.54. The highest BCUT2D eigenvalue weighted by molar-refractivity contribution is 7.86. The van der Waals surface area contributed by atoms with Crippen molar-refractivity contribution in [3.63, 3.8) is 0 Å². The molecule has 72 valence electrons. The third-order valence-electron chi connectivity index (χ3n) is 1.71. The predicted molar refractivity (Wildman–Crippen MR) is 56.0 cm³/mol. The van der Waals surface area contributed by atoms with Crippen LogP contribution in [-0.2, 0) is 11.0 Å². The summed E-state index contributed by atoms with van der Waals surface area (Å²) in [6.07, 6.45) is 0. The highest BCUT2D eigenvalue weighted by atomic mass is 32.2. The molecule has 0 amide bonds. The number of hydrogen-bond donors (Lipinski definition) is 1. The van der Waals surface area contributed by atoms with Crippen molar-refractivity contribution in [2.45, 2.75) is 20.8 Å². The molecule has 0 bridgehead atoms. The number of aromatic nitrogens is 1. The zero-order chi connectivity index (χ0) is 9.84. The molecule has 1 atom stereocenters. The summed E-state index contributed by atoms with van der Waals surface area (Å²) >= 11 is 0. The number of nitrogens with zero attached hydrogens (tertiary/aromatic N) is 1. The smallest absolute Gasteiger partial charge is 0.116 e. The van der Waals surface area contributed by atoms with E-state index in [-0.39, 0.29) is 0 Å². The Morgan fingerprint density at radius 2 is 2.15 bits per heavy atom. The van der Waals surface area contributed by atoms with Crippen LogP contribution >= 0.6 is 0 Å². The van der Waals surface area contributed by atoms with E-state index in [2.05, 4.69) is 9.71 Å². The normalized spacial score (nSPS) is 12.5. The molecule has 1 aromatic rings. The molecular formula is C9H14N2OS. The molecule has 0 saturated heterocycles. The van der Waals surface area contributed by atoms with Gasteiger partial charge in [0.1, 0.15) is 11.0 Å². The first kappa shape index (κ1) is 10.2. The molecule has 13 heavy (non-hydrogen) atoms. The second-order valence-corrected chi connectivity index (χ2v) is 4.29. The van der Waals surface area contributed by atoms with Crippen LogP contribution in [0.3, 0.4) is 0 Å². The van der Waals surface area contributed by atoms with Gasteiger partial charge in [0.15, 0.2) is 0 Å². The van der Waals surface area contributed by atoms with Crippen LogP contribution in [-0.4, -0.2) is 14.9 Å². The molecule has 1 rings (SSSR count). The summed E-state index contributed by atoms with van der Waals surface area (Å²) in [5.41, 5.74) is 2.72. The Morgan fingerprint density at radius 3 is 2.69 bits per heavy atom. The molecule has 4 heteroatoms. The third-order valence-corrected chi connectivity index (χ3v) is 2.68.